The number of ether oxygens (including phenoxy) is 1. The Kier molecular flexibility index (Phi) is 3.25. The summed E-state index contributed by atoms with van der Waals surface area (Å²) in [5.41, 5.74) is 3.36. The molecule has 1 aromatic carbocycles. The second-order valence-corrected chi connectivity index (χ2v) is 6.11. The lowest BCUT2D eigenvalue weighted by atomic mass is 10.00. The standard InChI is InChI=1S/C17H23NO2/c1-5-12-13-8-7-11-9-17(3,4)20-15(11)16(13)19-14(12)10-18-6-2/h7-8,18H,5-6,9-10H2,1-4H3. The Morgan fingerprint density at radius 2 is 2.05 bits per heavy atom. The van der Waals surface area contributed by atoms with Gasteiger partial charge in [0.1, 0.15) is 11.4 Å². The third-order valence-electron chi connectivity index (χ3n) is 3.96. The van der Waals surface area contributed by atoms with Gasteiger partial charge in [-0.05, 0) is 26.8 Å². The molecule has 0 unspecified atom stereocenters. The van der Waals surface area contributed by atoms with Gasteiger partial charge in [0, 0.05) is 22.9 Å². The van der Waals surface area contributed by atoms with Crippen LogP contribution in [0.15, 0.2) is 16.5 Å². The first-order chi connectivity index (χ1) is 9.55. The molecule has 1 aliphatic rings. The summed E-state index contributed by atoms with van der Waals surface area (Å²) in [5, 5.41) is 4.56. The zero-order chi connectivity index (χ0) is 14.3. The van der Waals surface area contributed by atoms with Crippen LogP contribution >= 0.6 is 0 Å². The summed E-state index contributed by atoms with van der Waals surface area (Å²) in [6.45, 7) is 10.3. The number of nitrogens with one attached hydrogen (secondary N) is 1. The molecule has 3 rings (SSSR count). The molecule has 0 aliphatic carbocycles. The van der Waals surface area contributed by atoms with Gasteiger partial charge in [-0.3, -0.25) is 0 Å². The Bertz CT molecular complexity index is 640. The van der Waals surface area contributed by atoms with E-state index in [0.717, 1.165) is 43.0 Å². The fourth-order valence-electron chi connectivity index (χ4n) is 3.07. The van der Waals surface area contributed by atoms with Crippen molar-refractivity contribution in [3.63, 3.8) is 0 Å². The van der Waals surface area contributed by atoms with Gasteiger partial charge in [0.15, 0.2) is 11.3 Å². The van der Waals surface area contributed by atoms with E-state index in [1.165, 1.54) is 16.5 Å². The summed E-state index contributed by atoms with van der Waals surface area (Å²) >= 11 is 0. The number of hydrogen-bond acceptors (Lipinski definition) is 3. The molecule has 2 aromatic rings. The van der Waals surface area contributed by atoms with Gasteiger partial charge in [-0.1, -0.05) is 26.0 Å². The Labute approximate surface area is 120 Å². The van der Waals surface area contributed by atoms with Crippen LogP contribution in [-0.4, -0.2) is 12.1 Å². The second-order valence-electron chi connectivity index (χ2n) is 6.11. The molecule has 1 N–H and O–H groups in total. The molecule has 2 heterocycles. The van der Waals surface area contributed by atoms with Crippen LogP contribution in [0.1, 0.15) is 44.6 Å². The number of aryl methyl sites for hydroxylation is 1. The predicted molar refractivity (Wildman–Crippen MR) is 81.4 cm³/mol. The molecule has 0 amide bonds. The lowest BCUT2D eigenvalue weighted by molar-refractivity contribution is 0.138. The largest absolute Gasteiger partial charge is 0.483 e. The highest BCUT2D eigenvalue weighted by molar-refractivity contribution is 5.89. The van der Waals surface area contributed by atoms with Crippen LogP contribution < -0.4 is 10.1 Å². The average molecular weight is 273 g/mol. The van der Waals surface area contributed by atoms with Crippen molar-refractivity contribution in [1.82, 2.24) is 5.32 Å². The Balaban J connectivity index is 2.13. The molecule has 1 aliphatic heterocycles. The summed E-state index contributed by atoms with van der Waals surface area (Å²) in [6, 6.07) is 4.38. The van der Waals surface area contributed by atoms with Crippen molar-refractivity contribution in [3.8, 4) is 5.75 Å². The van der Waals surface area contributed by atoms with E-state index >= 15 is 0 Å². The number of benzene rings is 1. The highest BCUT2D eigenvalue weighted by Crippen LogP contribution is 2.43. The molecule has 0 atom stereocenters. The first-order valence-corrected chi connectivity index (χ1v) is 7.51. The molecule has 108 valence electrons. The van der Waals surface area contributed by atoms with E-state index in [2.05, 4.69) is 45.1 Å². The van der Waals surface area contributed by atoms with Crippen molar-refractivity contribution in [1.29, 1.82) is 0 Å². The van der Waals surface area contributed by atoms with Crippen LogP contribution in [0.25, 0.3) is 11.0 Å². The van der Waals surface area contributed by atoms with Gasteiger partial charge in [0.05, 0.1) is 6.54 Å². The van der Waals surface area contributed by atoms with Crippen molar-refractivity contribution in [2.24, 2.45) is 0 Å². The molecule has 0 radical (unpaired) electrons. The van der Waals surface area contributed by atoms with Crippen LogP contribution in [0.5, 0.6) is 5.75 Å². The monoisotopic (exact) mass is 273 g/mol. The van der Waals surface area contributed by atoms with Gasteiger partial charge in [-0.15, -0.1) is 0 Å². The molecule has 0 saturated carbocycles. The van der Waals surface area contributed by atoms with E-state index in [-0.39, 0.29) is 5.60 Å². The summed E-state index contributed by atoms with van der Waals surface area (Å²) < 4.78 is 12.3. The van der Waals surface area contributed by atoms with E-state index in [4.69, 9.17) is 9.15 Å². The minimum Gasteiger partial charge on any atom is -0.483 e. The number of furan rings is 1. The number of rotatable bonds is 4. The van der Waals surface area contributed by atoms with Gasteiger partial charge < -0.3 is 14.5 Å². The third kappa shape index (κ3) is 2.10. The maximum absolute atomic E-state index is 6.14. The Morgan fingerprint density at radius 3 is 2.75 bits per heavy atom. The van der Waals surface area contributed by atoms with Gasteiger partial charge in [-0.25, -0.2) is 0 Å². The molecular weight excluding hydrogens is 250 g/mol. The molecule has 0 saturated heterocycles. The van der Waals surface area contributed by atoms with Crippen molar-refractivity contribution in [2.45, 2.75) is 52.7 Å². The van der Waals surface area contributed by atoms with Crippen molar-refractivity contribution >= 4 is 11.0 Å². The SMILES string of the molecule is CCNCc1oc2c3c(ccc2c1CC)CC(C)(C)O3. The maximum atomic E-state index is 6.14. The maximum Gasteiger partial charge on any atom is 0.176 e. The minimum absolute atomic E-state index is 0.127. The molecule has 0 spiro atoms. The third-order valence-corrected chi connectivity index (χ3v) is 3.96. The van der Waals surface area contributed by atoms with E-state index in [1.54, 1.807) is 0 Å². The van der Waals surface area contributed by atoms with Crippen molar-refractivity contribution in [2.75, 3.05) is 6.54 Å². The average Bonchev–Trinajstić information content (AvgIpc) is 2.91. The van der Waals surface area contributed by atoms with E-state index in [9.17, 15) is 0 Å². The normalized spacial score (nSPS) is 16.4. The summed E-state index contributed by atoms with van der Waals surface area (Å²) in [7, 11) is 0. The number of fused-ring (bicyclic) bond motifs is 3. The van der Waals surface area contributed by atoms with Crippen LogP contribution in [0.3, 0.4) is 0 Å². The van der Waals surface area contributed by atoms with Gasteiger partial charge in [0.2, 0.25) is 0 Å². The molecule has 3 nitrogen and oxygen atoms in total. The molecule has 0 fully saturated rings. The topological polar surface area (TPSA) is 34.4 Å². The zero-order valence-electron chi connectivity index (χ0n) is 12.8. The predicted octanol–water partition coefficient (Wildman–Crippen LogP) is 3.82. The van der Waals surface area contributed by atoms with Gasteiger partial charge >= 0.3 is 0 Å². The molecule has 0 bridgehead atoms. The molecule has 1 aromatic heterocycles. The Morgan fingerprint density at radius 1 is 1.25 bits per heavy atom. The van der Waals surface area contributed by atoms with Crippen LogP contribution in [0.4, 0.5) is 0 Å². The summed E-state index contributed by atoms with van der Waals surface area (Å²) in [6.07, 6.45) is 1.93. The van der Waals surface area contributed by atoms with Gasteiger partial charge in [-0.2, -0.15) is 0 Å². The van der Waals surface area contributed by atoms with Crippen LogP contribution in [0, 0.1) is 0 Å². The highest BCUT2D eigenvalue weighted by Gasteiger charge is 2.33. The van der Waals surface area contributed by atoms with Crippen LogP contribution in [-0.2, 0) is 19.4 Å². The van der Waals surface area contributed by atoms with Crippen LogP contribution in [0.2, 0.25) is 0 Å². The van der Waals surface area contributed by atoms with Crippen molar-refractivity contribution < 1.29 is 9.15 Å². The molecular formula is C17H23NO2. The minimum atomic E-state index is -0.127. The Hall–Kier alpha value is -1.48. The first-order valence-electron chi connectivity index (χ1n) is 7.51. The van der Waals surface area contributed by atoms with E-state index < -0.39 is 0 Å². The van der Waals surface area contributed by atoms with Gasteiger partial charge in [0.25, 0.3) is 0 Å². The molecule has 3 heteroatoms. The summed E-state index contributed by atoms with van der Waals surface area (Å²) in [5.74, 6) is 2.00. The molecule has 20 heavy (non-hydrogen) atoms. The summed E-state index contributed by atoms with van der Waals surface area (Å²) in [4.78, 5) is 0. The highest BCUT2D eigenvalue weighted by atomic mass is 16.5. The first kappa shape index (κ1) is 13.5. The smallest absolute Gasteiger partial charge is 0.176 e. The zero-order valence-corrected chi connectivity index (χ0v) is 12.8. The quantitative estimate of drug-likeness (QED) is 0.919. The van der Waals surface area contributed by atoms with Crippen molar-refractivity contribution in [3.05, 3.63) is 29.0 Å². The van der Waals surface area contributed by atoms with E-state index in [0.29, 0.717) is 0 Å². The van der Waals surface area contributed by atoms with E-state index in [1.807, 2.05) is 0 Å². The number of hydrogen-bond donors (Lipinski definition) is 1. The second kappa shape index (κ2) is 4.81. The lowest BCUT2D eigenvalue weighted by Crippen LogP contribution is -2.24. The fraction of sp³-hybridized carbons (Fsp3) is 0.529. The lowest BCUT2D eigenvalue weighted by Gasteiger charge is -2.16. The fourth-order valence-corrected chi connectivity index (χ4v) is 3.07.